The van der Waals surface area contributed by atoms with Gasteiger partial charge in [0.1, 0.15) is 16.9 Å². The second-order valence-electron chi connectivity index (χ2n) is 13.8. The largest absolute Gasteiger partial charge is 0.511 e. The van der Waals surface area contributed by atoms with E-state index in [1.165, 1.54) is 152 Å². The predicted molar refractivity (Wildman–Crippen MR) is 202 cm³/mol. The van der Waals surface area contributed by atoms with Gasteiger partial charge in [-0.15, -0.1) is 0 Å². The van der Waals surface area contributed by atoms with Gasteiger partial charge >= 0.3 is 0 Å². The van der Waals surface area contributed by atoms with Crippen LogP contribution in [0.1, 0.15) is 165 Å². The molecule has 0 aliphatic heterocycles. The molecule has 4 nitrogen and oxygen atoms in total. The van der Waals surface area contributed by atoms with Crippen molar-refractivity contribution in [2.24, 2.45) is 5.41 Å². The van der Waals surface area contributed by atoms with Gasteiger partial charge in [0, 0.05) is 0 Å². The molecule has 4 heteroatoms. The lowest BCUT2D eigenvalue weighted by molar-refractivity contribution is 0.0487. The normalized spacial score (nSPS) is 12.6. The minimum absolute atomic E-state index is 0.267. The van der Waals surface area contributed by atoms with Crippen molar-refractivity contribution in [2.45, 2.75) is 155 Å². The molecule has 0 spiro atoms. The maximum absolute atomic E-state index is 11.0. The van der Waals surface area contributed by atoms with E-state index in [9.17, 15) is 20.4 Å². The number of aliphatic hydroxyl groups excluding tert-OH is 4. The molecule has 0 aliphatic carbocycles. The zero-order chi connectivity index (χ0) is 34.0. The summed E-state index contributed by atoms with van der Waals surface area (Å²) in [6.07, 6.45) is 31.5. The van der Waals surface area contributed by atoms with Gasteiger partial charge in [0.15, 0.2) is 0 Å². The van der Waals surface area contributed by atoms with E-state index in [-0.39, 0.29) is 11.5 Å². The fourth-order valence-electron chi connectivity index (χ4n) is 6.29. The fraction of sp³-hybridized carbons (Fsp3) is 0.628. The van der Waals surface area contributed by atoms with Crippen molar-refractivity contribution in [1.29, 1.82) is 0 Å². The molecular weight excluding hydrogens is 580 g/mol. The quantitative estimate of drug-likeness (QED) is 0.0547. The highest BCUT2D eigenvalue weighted by atomic mass is 16.3. The van der Waals surface area contributed by atoms with Crippen molar-refractivity contribution >= 4 is 12.2 Å². The third kappa shape index (κ3) is 16.4. The molecule has 0 fully saturated rings. The van der Waals surface area contributed by atoms with Crippen LogP contribution in [-0.4, -0.2) is 33.6 Å². The van der Waals surface area contributed by atoms with Crippen molar-refractivity contribution in [2.75, 3.05) is 13.2 Å². The number of hydrogen-bond acceptors (Lipinski definition) is 4. The highest BCUT2D eigenvalue weighted by molar-refractivity contribution is 5.58. The highest BCUT2D eigenvalue weighted by Gasteiger charge is 2.38. The van der Waals surface area contributed by atoms with Crippen LogP contribution in [0.4, 0.5) is 0 Å². The Hall–Kier alpha value is -2.56. The van der Waals surface area contributed by atoms with Crippen LogP contribution in [0.2, 0.25) is 0 Å². The van der Waals surface area contributed by atoms with Gasteiger partial charge in [0.05, 0.1) is 13.2 Å². The Bertz CT molecular complexity index is 1010. The Balaban J connectivity index is 1.82. The minimum atomic E-state index is -1.68. The van der Waals surface area contributed by atoms with Crippen molar-refractivity contribution in [3.63, 3.8) is 0 Å². The van der Waals surface area contributed by atoms with Gasteiger partial charge in [-0.3, -0.25) is 0 Å². The number of rotatable bonds is 28. The molecule has 0 aromatic heterocycles. The Labute approximate surface area is 288 Å². The smallest absolute Gasteiger partial charge is 0.130 e. The lowest BCUT2D eigenvalue weighted by atomic mass is 9.83. The maximum atomic E-state index is 11.0. The van der Waals surface area contributed by atoms with Gasteiger partial charge in [-0.05, 0) is 60.1 Å². The molecule has 0 saturated carbocycles. The average Bonchev–Trinajstić information content (AvgIpc) is 3.08. The molecule has 0 amide bonds. The molecule has 4 N–H and O–H groups in total. The van der Waals surface area contributed by atoms with E-state index in [1.54, 1.807) is 0 Å². The van der Waals surface area contributed by atoms with Crippen LogP contribution in [0.15, 0.2) is 60.0 Å². The summed E-state index contributed by atoms with van der Waals surface area (Å²) < 4.78 is 0. The van der Waals surface area contributed by atoms with Gasteiger partial charge in [-0.1, -0.05) is 178 Å². The summed E-state index contributed by atoms with van der Waals surface area (Å²) in [5.74, 6) is -0.535. The summed E-state index contributed by atoms with van der Waals surface area (Å²) in [5, 5.41) is 42.6. The first-order chi connectivity index (χ1) is 23.0. The molecule has 47 heavy (non-hydrogen) atoms. The van der Waals surface area contributed by atoms with Crippen LogP contribution in [0.5, 0.6) is 0 Å². The van der Waals surface area contributed by atoms with Gasteiger partial charge in [0.25, 0.3) is 0 Å². The van der Waals surface area contributed by atoms with Crippen LogP contribution in [0.25, 0.3) is 12.2 Å². The molecule has 0 saturated heterocycles. The third-order valence-corrected chi connectivity index (χ3v) is 9.72. The van der Waals surface area contributed by atoms with Crippen LogP contribution < -0.4 is 0 Å². The van der Waals surface area contributed by atoms with Crippen molar-refractivity contribution in [1.82, 2.24) is 0 Å². The number of unbranched alkanes of at least 4 members (excludes halogenated alkanes) is 18. The fourth-order valence-corrected chi connectivity index (χ4v) is 6.29. The summed E-state index contributed by atoms with van der Waals surface area (Å²) in [7, 11) is 0. The van der Waals surface area contributed by atoms with E-state index in [1.807, 2.05) is 24.3 Å². The van der Waals surface area contributed by atoms with E-state index in [0.717, 1.165) is 24.0 Å². The first kappa shape index (κ1) is 40.6. The van der Waals surface area contributed by atoms with Crippen LogP contribution >= 0.6 is 0 Å². The number of aliphatic hydroxyl groups is 4. The van der Waals surface area contributed by atoms with Crippen molar-refractivity contribution in [3.8, 4) is 0 Å². The Morgan fingerprint density at radius 2 is 0.723 bits per heavy atom. The molecule has 0 unspecified atom stereocenters. The zero-order valence-corrected chi connectivity index (χ0v) is 30.0. The van der Waals surface area contributed by atoms with Crippen LogP contribution in [-0.2, 0) is 12.8 Å². The van der Waals surface area contributed by atoms with Crippen molar-refractivity contribution in [3.05, 3.63) is 82.3 Å². The minimum Gasteiger partial charge on any atom is -0.511 e. The molecule has 0 aliphatic rings. The van der Waals surface area contributed by atoms with Gasteiger partial charge < -0.3 is 20.4 Å². The average molecular weight is 649 g/mol. The van der Waals surface area contributed by atoms with E-state index >= 15 is 0 Å². The Morgan fingerprint density at radius 3 is 1.00 bits per heavy atom. The van der Waals surface area contributed by atoms with Gasteiger partial charge in [-0.25, -0.2) is 0 Å². The second-order valence-corrected chi connectivity index (χ2v) is 13.8. The first-order valence-corrected chi connectivity index (χ1v) is 19.2. The SMILES string of the molecule is CCCCCCCCCCCCc1ccc(C=C(O)C(CO)(CO)C(O)=Cc2ccc(CCCCCCCCCCCC)cc2)cc1. The van der Waals surface area contributed by atoms with E-state index in [2.05, 4.69) is 38.1 Å². The Morgan fingerprint density at radius 1 is 0.447 bits per heavy atom. The topological polar surface area (TPSA) is 80.9 Å². The second kappa shape index (κ2) is 25.5. The van der Waals surface area contributed by atoms with E-state index in [0.29, 0.717) is 0 Å². The number of benzene rings is 2. The summed E-state index contributed by atoms with van der Waals surface area (Å²) >= 11 is 0. The monoisotopic (exact) mass is 649 g/mol. The van der Waals surface area contributed by atoms with E-state index < -0.39 is 18.6 Å². The lowest BCUT2D eigenvalue weighted by Crippen LogP contribution is -2.34. The molecule has 2 aromatic rings. The molecule has 0 radical (unpaired) electrons. The van der Waals surface area contributed by atoms with Gasteiger partial charge in [0.2, 0.25) is 0 Å². The van der Waals surface area contributed by atoms with Crippen molar-refractivity contribution < 1.29 is 20.4 Å². The number of hydrogen-bond donors (Lipinski definition) is 4. The molecule has 264 valence electrons. The molecule has 2 rings (SSSR count). The summed E-state index contributed by atoms with van der Waals surface area (Å²) in [5.41, 5.74) is 2.35. The molecule has 0 heterocycles. The summed E-state index contributed by atoms with van der Waals surface area (Å²) in [4.78, 5) is 0. The summed E-state index contributed by atoms with van der Waals surface area (Å²) in [6.45, 7) is 3.28. The molecular formula is C43H68O4. The summed E-state index contributed by atoms with van der Waals surface area (Å²) in [6, 6.07) is 16.0. The molecule has 2 aromatic carbocycles. The van der Waals surface area contributed by atoms with Gasteiger partial charge in [-0.2, -0.15) is 0 Å². The zero-order valence-electron chi connectivity index (χ0n) is 30.0. The highest BCUT2D eigenvalue weighted by Crippen LogP contribution is 2.34. The third-order valence-electron chi connectivity index (χ3n) is 9.72. The van der Waals surface area contributed by atoms with E-state index in [4.69, 9.17) is 0 Å². The number of aryl methyl sites for hydroxylation is 2. The first-order valence-electron chi connectivity index (χ1n) is 19.2. The maximum Gasteiger partial charge on any atom is 0.130 e. The van der Waals surface area contributed by atoms with Crippen LogP contribution in [0.3, 0.4) is 0 Å². The Kier molecular flexibility index (Phi) is 22.0. The standard InChI is InChI=1S/C43H68O4/c1-3-5-7-9-11-13-15-17-19-21-23-37-25-29-39(30-26-37)33-41(46)43(35-44,36-45)42(47)34-40-31-27-38(28-32-40)24-22-20-18-16-14-12-10-8-6-4-2/h25-34,44-47H,3-24,35-36H2,1-2H3. The van der Waals surface area contributed by atoms with Crippen LogP contribution in [0, 0.1) is 5.41 Å². The molecule has 0 bridgehead atoms. The molecule has 0 atom stereocenters. The lowest BCUT2D eigenvalue weighted by Gasteiger charge is -2.28. The predicted octanol–water partition coefficient (Wildman–Crippen LogP) is 12.1.